The van der Waals surface area contributed by atoms with E-state index in [2.05, 4.69) is 24.8 Å². The number of amides is 1. The molecule has 1 aliphatic heterocycles. The molecule has 0 saturated carbocycles. The van der Waals surface area contributed by atoms with Crippen LogP contribution in [-0.2, 0) is 11.2 Å². The number of nitrogens with zero attached hydrogens (tertiary/aromatic N) is 1. The third kappa shape index (κ3) is 3.96. The molecule has 0 atom stereocenters. The fourth-order valence-electron chi connectivity index (χ4n) is 2.46. The first kappa shape index (κ1) is 18.2. The number of rotatable bonds is 5. The predicted molar refractivity (Wildman–Crippen MR) is 91.0 cm³/mol. The van der Waals surface area contributed by atoms with E-state index in [0.29, 0.717) is 16.4 Å². The first-order valence-electron chi connectivity index (χ1n) is 7.61. The highest BCUT2D eigenvalue weighted by Crippen LogP contribution is 2.42. The maximum atomic E-state index is 13.0. The van der Waals surface area contributed by atoms with Crippen molar-refractivity contribution >= 4 is 23.4 Å². The summed E-state index contributed by atoms with van der Waals surface area (Å²) >= 11 is 1.32. The summed E-state index contributed by atoms with van der Waals surface area (Å²) < 4.78 is 34.6. The molecule has 2 aromatic rings. The molecule has 1 amide bonds. The molecule has 0 bridgehead atoms. The lowest BCUT2D eigenvalue weighted by Gasteiger charge is -2.08. The highest BCUT2D eigenvalue weighted by atomic mass is 32.2. The van der Waals surface area contributed by atoms with Crippen molar-refractivity contribution in [2.24, 2.45) is 0 Å². The van der Waals surface area contributed by atoms with E-state index in [1.54, 1.807) is 13.2 Å². The molecule has 26 heavy (non-hydrogen) atoms. The summed E-state index contributed by atoms with van der Waals surface area (Å²) in [7, 11) is 0. The normalized spacial score (nSPS) is 14.3. The molecular formula is C16H15F2N3O4S. The van der Waals surface area contributed by atoms with Gasteiger partial charge in [-0.2, -0.15) is 0 Å². The van der Waals surface area contributed by atoms with Crippen molar-refractivity contribution in [1.29, 1.82) is 0 Å². The van der Waals surface area contributed by atoms with Gasteiger partial charge in [0.25, 0.3) is 5.56 Å². The van der Waals surface area contributed by atoms with Crippen LogP contribution in [0.1, 0.15) is 17.7 Å². The second-order valence-corrected chi connectivity index (χ2v) is 6.31. The van der Waals surface area contributed by atoms with Crippen molar-refractivity contribution in [3.05, 3.63) is 39.8 Å². The Hall–Kier alpha value is -2.62. The van der Waals surface area contributed by atoms with Crippen LogP contribution >= 0.6 is 11.8 Å². The lowest BCUT2D eigenvalue weighted by atomic mass is 10.1. The van der Waals surface area contributed by atoms with Crippen molar-refractivity contribution in [2.75, 3.05) is 11.6 Å². The Morgan fingerprint density at radius 2 is 2.08 bits per heavy atom. The molecule has 0 fully saturated rings. The van der Waals surface area contributed by atoms with Gasteiger partial charge < -0.3 is 19.8 Å². The maximum absolute atomic E-state index is 13.0. The van der Waals surface area contributed by atoms with Gasteiger partial charge in [0.05, 0.1) is 0 Å². The van der Waals surface area contributed by atoms with Gasteiger partial charge in [-0.05, 0) is 31.7 Å². The van der Waals surface area contributed by atoms with Gasteiger partial charge in [-0.3, -0.25) is 9.59 Å². The average Bonchev–Trinajstić information content (AvgIpc) is 2.86. The Balaban J connectivity index is 1.63. The Labute approximate surface area is 151 Å². The number of hydrogen-bond acceptors (Lipinski definition) is 6. The molecule has 2 N–H and O–H groups in total. The summed E-state index contributed by atoms with van der Waals surface area (Å²) in [6.45, 7) is 1.71. The Morgan fingerprint density at radius 1 is 1.35 bits per heavy atom. The predicted octanol–water partition coefficient (Wildman–Crippen LogP) is 2.69. The van der Waals surface area contributed by atoms with Gasteiger partial charge in [0, 0.05) is 29.4 Å². The number of alkyl halides is 2. The second-order valence-electron chi connectivity index (χ2n) is 5.52. The lowest BCUT2D eigenvalue weighted by molar-refractivity contribution is -0.286. The number of anilines is 1. The minimum absolute atomic E-state index is 0.0365. The van der Waals surface area contributed by atoms with Crippen LogP contribution in [0.5, 0.6) is 11.5 Å². The van der Waals surface area contributed by atoms with Gasteiger partial charge in [-0.1, -0.05) is 11.8 Å². The zero-order chi connectivity index (χ0) is 18.9. The third-order valence-electron chi connectivity index (χ3n) is 3.68. The van der Waals surface area contributed by atoms with Crippen LogP contribution in [0.15, 0.2) is 28.2 Å². The monoisotopic (exact) mass is 383 g/mol. The summed E-state index contributed by atoms with van der Waals surface area (Å²) in [5.74, 6) is -0.629. The molecule has 0 spiro atoms. The number of hydrogen-bond donors (Lipinski definition) is 2. The molecule has 7 nitrogen and oxygen atoms in total. The molecule has 1 aromatic heterocycles. The number of nitrogens with one attached hydrogen (secondary N) is 2. The van der Waals surface area contributed by atoms with Gasteiger partial charge in [0.1, 0.15) is 0 Å². The number of carbonyl (C=O) groups excluding carboxylic acids is 1. The van der Waals surface area contributed by atoms with Crippen LogP contribution in [0.3, 0.4) is 0 Å². The minimum atomic E-state index is -3.71. The molecule has 0 saturated heterocycles. The van der Waals surface area contributed by atoms with Crippen LogP contribution < -0.4 is 20.3 Å². The number of benzene rings is 1. The van der Waals surface area contributed by atoms with E-state index in [1.807, 2.05) is 0 Å². The summed E-state index contributed by atoms with van der Waals surface area (Å²) in [5, 5.41) is 3.09. The zero-order valence-corrected chi connectivity index (χ0v) is 14.7. The fourth-order valence-corrected chi connectivity index (χ4v) is 2.89. The van der Waals surface area contributed by atoms with Crippen molar-refractivity contribution in [3.63, 3.8) is 0 Å². The van der Waals surface area contributed by atoms with E-state index in [0.717, 1.165) is 0 Å². The number of aryl methyl sites for hydroxylation is 1. The van der Waals surface area contributed by atoms with E-state index in [9.17, 15) is 18.4 Å². The van der Waals surface area contributed by atoms with Gasteiger partial charge in [-0.25, -0.2) is 4.98 Å². The van der Waals surface area contributed by atoms with Crippen LogP contribution in [0.4, 0.5) is 14.5 Å². The molecule has 2 heterocycles. The molecule has 10 heteroatoms. The largest absolute Gasteiger partial charge is 0.586 e. The first-order valence-corrected chi connectivity index (χ1v) is 8.83. The molecule has 0 radical (unpaired) electrons. The topological polar surface area (TPSA) is 93.3 Å². The number of fused-ring (bicyclic) bond motifs is 1. The van der Waals surface area contributed by atoms with Gasteiger partial charge >= 0.3 is 6.29 Å². The number of thioether (sulfide) groups is 1. The van der Waals surface area contributed by atoms with Gasteiger partial charge in [0.2, 0.25) is 5.91 Å². The number of halogens is 2. The van der Waals surface area contributed by atoms with Crippen LogP contribution in [0, 0.1) is 6.92 Å². The van der Waals surface area contributed by atoms with Crippen molar-refractivity contribution in [1.82, 2.24) is 9.97 Å². The number of aromatic nitrogens is 2. The Kier molecular flexibility index (Phi) is 4.86. The van der Waals surface area contributed by atoms with Crippen molar-refractivity contribution in [2.45, 2.75) is 31.2 Å². The SMILES string of the molecule is CSc1nc(C)c(CCC(=O)Nc2ccc3c(c2)OC(F)(F)O3)c(=O)[nH]1. The summed E-state index contributed by atoms with van der Waals surface area (Å²) in [6, 6.07) is 3.96. The molecule has 1 aliphatic rings. The van der Waals surface area contributed by atoms with Crippen molar-refractivity contribution in [3.8, 4) is 11.5 Å². The highest BCUT2D eigenvalue weighted by molar-refractivity contribution is 7.98. The van der Waals surface area contributed by atoms with Crippen LogP contribution in [0.25, 0.3) is 0 Å². The van der Waals surface area contributed by atoms with E-state index in [4.69, 9.17) is 0 Å². The molecule has 0 unspecified atom stereocenters. The summed E-state index contributed by atoms with van der Waals surface area (Å²) in [5.41, 5.74) is 1.01. The molecule has 1 aromatic carbocycles. The van der Waals surface area contributed by atoms with E-state index < -0.39 is 6.29 Å². The van der Waals surface area contributed by atoms with E-state index in [-0.39, 0.29) is 41.5 Å². The zero-order valence-electron chi connectivity index (χ0n) is 13.9. The second kappa shape index (κ2) is 6.94. The van der Waals surface area contributed by atoms with Gasteiger partial charge in [0.15, 0.2) is 16.7 Å². The average molecular weight is 383 g/mol. The van der Waals surface area contributed by atoms with Gasteiger partial charge in [-0.15, -0.1) is 8.78 Å². The minimum Gasteiger partial charge on any atom is -0.395 e. The Morgan fingerprint density at radius 3 is 2.77 bits per heavy atom. The molecule has 0 aliphatic carbocycles. The van der Waals surface area contributed by atoms with E-state index >= 15 is 0 Å². The molecular weight excluding hydrogens is 368 g/mol. The summed E-state index contributed by atoms with van der Waals surface area (Å²) in [6.07, 6.45) is -1.67. The van der Waals surface area contributed by atoms with Crippen LogP contribution in [0.2, 0.25) is 0 Å². The smallest absolute Gasteiger partial charge is 0.395 e. The number of ether oxygens (including phenoxy) is 2. The summed E-state index contributed by atoms with van der Waals surface area (Å²) in [4.78, 5) is 31.0. The van der Waals surface area contributed by atoms with Crippen LogP contribution in [-0.4, -0.2) is 28.4 Å². The highest BCUT2D eigenvalue weighted by Gasteiger charge is 2.43. The standard InChI is InChI=1S/C16H15F2N3O4S/c1-8-10(14(23)21-15(19-8)26-2)4-6-13(22)20-9-3-5-11-12(7-9)25-16(17,18)24-11/h3,5,7H,4,6H2,1-2H3,(H,20,22)(H,19,21,23). The number of H-pyrrole nitrogens is 1. The number of carbonyl (C=O) groups is 1. The van der Waals surface area contributed by atoms with E-state index in [1.165, 1.54) is 30.0 Å². The first-order chi connectivity index (χ1) is 12.3. The quantitative estimate of drug-likeness (QED) is 0.609. The molecule has 3 rings (SSSR count). The Bertz CT molecular complexity index is 917. The van der Waals surface area contributed by atoms with Crippen molar-refractivity contribution < 1.29 is 23.0 Å². The fraction of sp³-hybridized carbons (Fsp3) is 0.312. The number of aromatic amines is 1. The lowest BCUT2D eigenvalue weighted by Crippen LogP contribution is -2.25. The third-order valence-corrected chi connectivity index (χ3v) is 4.26. The maximum Gasteiger partial charge on any atom is 0.586 e. The molecule has 138 valence electrons.